The molecule has 0 radical (unpaired) electrons. The maximum Gasteiger partial charge on any atom is 0.340 e. The van der Waals surface area contributed by atoms with Crippen LogP contribution in [0.25, 0.3) is 10.9 Å². The minimum Gasteiger partial charge on any atom is -0.465 e. The number of anilines is 1. The largest absolute Gasteiger partial charge is 0.465 e. The molecule has 3 aromatic carbocycles. The summed E-state index contributed by atoms with van der Waals surface area (Å²) in [6.45, 7) is 1.75. The molecule has 8 heteroatoms. The summed E-state index contributed by atoms with van der Waals surface area (Å²) in [4.78, 5) is 25.6. The van der Waals surface area contributed by atoms with Crippen LogP contribution in [0.15, 0.2) is 83.9 Å². The minimum absolute atomic E-state index is 0.121. The van der Waals surface area contributed by atoms with Gasteiger partial charge in [-0.15, -0.1) is 0 Å². The number of rotatable bonds is 5. The summed E-state index contributed by atoms with van der Waals surface area (Å²) in [5.41, 5.74) is 2.04. The van der Waals surface area contributed by atoms with Gasteiger partial charge in [0.25, 0.3) is 15.9 Å². The molecule has 0 saturated carbocycles. The monoisotopic (exact) mass is 448 g/mol. The number of nitrogens with zero attached hydrogens (tertiary/aromatic N) is 1. The summed E-state index contributed by atoms with van der Waals surface area (Å²) in [7, 11) is -2.54. The summed E-state index contributed by atoms with van der Waals surface area (Å²) in [5, 5.41) is 0.588. The average Bonchev–Trinajstić information content (AvgIpc) is 3.20. The van der Waals surface area contributed by atoms with Crippen molar-refractivity contribution in [3.05, 3.63) is 95.7 Å². The van der Waals surface area contributed by atoms with Crippen molar-refractivity contribution < 1.29 is 22.7 Å². The van der Waals surface area contributed by atoms with Gasteiger partial charge in [-0.2, -0.15) is 0 Å². The van der Waals surface area contributed by atoms with Crippen LogP contribution in [0, 0.1) is 6.92 Å². The molecule has 0 atom stereocenters. The maximum atomic E-state index is 13.3. The van der Waals surface area contributed by atoms with Crippen LogP contribution in [0.1, 0.15) is 26.3 Å². The van der Waals surface area contributed by atoms with Crippen LogP contribution >= 0.6 is 0 Å². The van der Waals surface area contributed by atoms with Gasteiger partial charge in [0.15, 0.2) is 0 Å². The Hall–Kier alpha value is -3.91. The number of hydrogen-bond donors (Lipinski definition) is 1. The number of nitrogens with one attached hydrogen (secondary N) is 1. The topological polar surface area (TPSA) is 94.5 Å². The van der Waals surface area contributed by atoms with Gasteiger partial charge < -0.3 is 4.74 Å². The van der Waals surface area contributed by atoms with E-state index in [0.29, 0.717) is 22.2 Å². The normalized spacial score (nSPS) is 11.3. The van der Waals surface area contributed by atoms with Crippen molar-refractivity contribution in [3.63, 3.8) is 0 Å². The maximum absolute atomic E-state index is 13.3. The van der Waals surface area contributed by atoms with Gasteiger partial charge in [-0.05, 0) is 42.8 Å². The average molecular weight is 449 g/mol. The summed E-state index contributed by atoms with van der Waals surface area (Å²) in [5.74, 6) is -0.954. The molecule has 1 aromatic heterocycles. The first-order valence-corrected chi connectivity index (χ1v) is 11.2. The number of benzene rings is 3. The highest BCUT2D eigenvalue weighted by atomic mass is 32.2. The molecule has 0 bridgehead atoms. The van der Waals surface area contributed by atoms with E-state index >= 15 is 0 Å². The van der Waals surface area contributed by atoms with Gasteiger partial charge >= 0.3 is 5.97 Å². The van der Waals surface area contributed by atoms with Crippen molar-refractivity contribution in [1.29, 1.82) is 0 Å². The number of carbonyl (C=O) groups excluding carboxylic acids is 2. The van der Waals surface area contributed by atoms with E-state index in [4.69, 9.17) is 4.74 Å². The lowest BCUT2D eigenvalue weighted by Crippen LogP contribution is -2.15. The lowest BCUT2D eigenvalue weighted by molar-refractivity contribution is 0.0603. The summed E-state index contributed by atoms with van der Waals surface area (Å²) in [6.07, 6.45) is 1.44. The van der Waals surface area contributed by atoms with Crippen molar-refractivity contribution in [3.8, 4) is 0 Å². The third-order valence-electron chi connectivity index (χ3n) is 5.12. The zero-order valence-electron chi connectivity index (χ0n) is 17.4. The molecule has 7 nitrogen and oxygen atoms in total. The van der Waals surface area contributed by atoms with Crippen LogP contribution in [0.5, 0.6) is 0 Å². The van der Waals surface area contributed by atoms with Gasteiger partial charge in [-0.1, -0.05) is 42.5 Å². The van der Waals surface area contributed by atoms with Gasteiger partial charge in [0.1, 0.15) is 0 Å². The highest BCUT2D eigenvalue weighted by molar-refractivity contribution is 7.92. The Morgan fingerprint density at radius 3 is 2.34 bits per heavy atom. The van der Waals surface area contributed by atoms with E-state index in [-0.39, 0.29) is 16.0 Å². The van der Waals surface area contributed by atoms with Gasteiger partial charge in [0.05, 0.1) is 28.8 Å². The van der Waals surface area contributed by atoms with Crippen molar-refractivity contribution >= 4 is 38.5 Å². The van der Waals surface area contributed by atoms with Gasteiger partial charge in [0.2, 0.25) is 0 Å². The van der Waals surface area contributed by atoms with E-state index in [1.54, 1.807) is 61.5 Å². The Kier molecular flexibility index (Phi) is 5.54. The number of aryl methyl sites for hydroxylation is 1. The number of esters is 1. The lowest BCUT2D eigenvalue weighted by atomic mass is 10.1. The molecule has 0 aliphatic heterocycles. The third kappa shape index (κ3) is 3.88. The van der Waals surface area contributed by atoms with Crippen LogP contribution in [-0.4, -0.2) is 32.0 Å². The molecule has 4 aromatic rings. The van der Waals surface area contributed by atoms with E-state index in [2.05, 4.69) is 4.72 Å². The Labute approximate surface area is 185 Å². The van der Waals surface area contributed by atoms with Crippen molar-refractivity contribution in [2.45, 2.75) is 11.8 Å². The van der Waals surface area contributed by atoms with Crippen LogP contribution in [0.3, 0.4) is 0 Å². The highest BCUT2D eigenvalue weighted by Gasteiger charge is 2.21. The quantitative estimate of drug-likeness (QED) is 0.461. The van der Waals surface area contributed by atoms with E-state index < -0.39 is 21.9 Å². The molecule has 32 heavy (non-hydrogen) atoms. The molecule has 0 unspecified atom stereocenters. The summed E-state index contributed by atoms with van der Waals surface area (Å²) in [6, 6.07) is 19.8. The zero-order chi connectivity index (χ0) is 22.9. The Morgan fingerprint density at radius 1 is 0.938 bits per heavy atom. The first-order chi connectivity index (χ1) is 15.3. The van der Waals surface area contributed by atoms with Gasteiger partial charge in [-0.3, -0.25) is 14.1 Å². The molecular weight excluding hydrogens is 428 g/mol. The van der Waals surface area contributed by atoms with E-state index in [1.807, 2.05) is 0 Å². The zero-order valence-corrected chi connectivity index (χ0v) is 18.2. The van der Waals surface area contributed by atoms with E-state index in [1.165, 1.54) is 36.1 Å². The third-order valence-corrected chi connectivity index (χ3v) is 6.50. The predicted octanol–water partition coefficient (Wildman–Crippen LogP) is 4.23. The van der Waals surface area contributed by atoms with E-state index in [9.17, 15) is 18.0 Å². The van der Waals surface area contributed by atoms with E-state index in [0.717, 1.165) is 0 Å². The molecule has 0 fully saturated rings. The standard InChI is InChI=1S/C24H20N2O5S/c1-16-12-13-17(14-21(16)25-32(29,30)18-8-4-3-5-9-18)23(27)26-15-20(24(28)31-2)19-10-6-7-11-22(19)26/h3-15,25H,1-2H3. The van der Waals surface area contributed by atoms with Crippen molar-refractivity contribution in [1.82, 2.24) is 4.57 Å². The molecule has 0 aliphatic rings. The highest BCUT2D eigenvalue weighted by Crippen LogP contribution is 2.26. The number of methoxy groups -OCH3 is 1. The Bertz CT molecular complexity index is 1440. The molecular formula is C24H20N2O5S. The Balaban J connectivity index is 1.75. The molecule has 0 spiro atoms. The molecule has 4 rings (SSSR count). The number of hydrogen-bond acceptors (Lipinski definition) is 5. The second-order valence-corrected chi connectivity index (χ2v) is 8.86. The first-order valence-electron chi connectivity index (χ1n) is 9.73. The number of carbonyl (C=O) groups is 2. The number of para-hydroxylation sites is 1. The van der Waals surface area contributed by atoms with Gasteiger partial charge in [0, 0.05) is 17.1 Å². The predicted molar refractivity (Wildman–Crippen MR) is 121 cm³/mol. The van der Waals surface area contributed by atoms with Crippen LogP contribution in [-0.2, 0) is 14.8 Å². The van der Waals surface area contributed by atoms with Crippen molar-refractivity contribution in [2.75, 3.05) is 11.8 Å². The minimum atomic E-state index is -3.82. The van der Waals surface area contributed by atoms with Crippen LogP contribution < -0.4 is 4.72 Å². The molecule has 1 N–H and O–H groups in total. The smallest absolute Gasteiger partial charge is 0.340 e. The fraction of sp³-hybridized carbons (Fsp3) is 0.0833. The van der Waals surface area contributed by atoms with Crippen molar-refractivity contribution in [2.24, 2.45) is 0 Å². The molecule has 0 saturated heterocycles. The lowest BCUT2D eigenvalue weighted by Gasteiger charge is -2.12. The number of aromatic nitrogens is 1. The second-order valence-electron chi connectivity index (χ2n) is 7.17. The molecule has 1 heterocycles. The number of fused-ring (bicyclic) bond motifs is 1. The molecule has 0 amide bonds. The summed E-state index contributed by atoms with van der Waals surface area (Å²) < 4.78 is 34.2. The van der Waals surface area contributed by atoms with Crippen LogP contribution in [0.4, 0.5) is 5.69 Å². The number of ether oxygens (including phenoxy) is 1. The second kappa shape index (κ2) is 8.32. The fourth-order valence-electron chi connectivity index (χ4n) is 3.43. The SMILES string of the molecule is COC(=O)c1cn(C(=O)c2ccc(C)c(NS(=O)(=O)c3ccccc3)c2)c2ccccc12. The molecule has 0 aliphatic carbocycles. The fourth-order valence-corrected chi connectivity index (χ4v) is 4.57. The molecule has 162 valence electrons. The first kappa shape index (κ1) is 21.3. The summed E-state index contributed by atoms with van der Waals surface area (Å²) >= 11 is 0. The van der Waals surface area contributed by atoms with Gasteiger partial charge in [-0.25, -0.2) is 13.2 Å². The number of sulfonamides is 1. The Morgan fingerprint density at radius 2 is 1.62 bits per heavy atom. The van der Waals surface area contributed by atoms with Crippen LogP contribution in [0.2, 0.25) is 0 Å².